The molecule has 42 heavy (non-hydrogen) atoms. The van der Waals surface area contributed by atoms with Gasteiger partial charge in [-0.3, -0.25) is 4.90 Å². The first-order valence-electron chi connectivity index (χ1n) is 16.1. The Hall–Kier alpha value is -2.81. The van der Waals surface area contributed by atoms with Crippen molar-refractivity contribution in [3.63, 3.8) is 0 Å². The number of aliphatic hydroxyl groups is 1. The molecule has 0 amide bonds. The van der Waals surface area contributed by atoms with Crippen LogP contribution in [0, 0.1) is 0 Å². The number of anilines is 1. The number of fused-ring (bicyclic) bond motifs is 5. The smallest absolute Gasteiger partial charge is 0.316 e. The molecule has 4 fully saturated rings. The SMILES string of the molecule is CCc1cccc2cccc(N3CCc4c(nc(OC[C@@]56CCCN5C[C@H](F)C6)nc4[C@@H]4C[C@@H]5CC[C@@H](N5)C4O)C3)c12. The Morgan fingerprint density at radius 1 is 1.14 bits per heavy atom. The Kier molecular flexibility index (Phi) is 6.65. The van der Waals surface area contributed by atoms with Crippen LogP contribution in [0.25, 0.3) is 10.8 Å². The molecule has 4 saturated heterocycles. The zero-order valence-corrected chi connectivity index (χ0v) is 24.6. The van der Waals surface area contributed by atoms with Crippen molar-refractivity contribution in [2.75, 3.05) is 31.1 Å². The van der Waals surface area contributed by atoms with Gasteiger partial charge in [-0.15, -0.1) is 0 Å². The van der Waals surface area contributed by atoms with E-state index in [1.165, 1.54) is 27.6 Å². The third-order valence-corrected chi connectivity index (χ3v) is 11.0. The van der Waals surface area contributed by atoms with E-state index in [2.05, 4.69) is 58.4 Å². The van der Waals surface area contributed by atoms with Crippen molar-refractivity contribution in [1.29, 1.82) is 0 Å². The quantitative estimate of drug-likeness (QED) is 0.445. The Bertz CT molecular complexity index is 1500. The van der Waals surface area contributed by atoms with Crippen LogP contribution in [-0.4, -0.2) is 76.1 Å². The first kappa shape index (κ1) is 26.8. The lowest BCUT2D eigenvalue weighted by molar-refractivity contribution is 0.0773. The predicted octanol–water partition coefficient (Wildman–Crippen LogP) is 4.68. The molecule has 5 aliphatic rings. The van der Waals surface area contributed by atoms with Crippen molar-refractivity contribution in [3.8, 4) is 6.01 Å². The molecule has 6 atom stereocenters. The summed E-state index contributed by atoms with van der Waals surface area (Å²) in [6.07, 6.45) is 6.11. The van der Waals surface area contributed by atoms with Crippen LogP contribution in [0.3, 0.4) is 0 Å². The van der Waals surface area contributed by atoms with E-state index in [0.717, 1.165) is 69.4 Å². The van der Waals surface area contributed by atoms with E-state index in [1.807, 2.05) is 0 Å². The van der Waals surface area contributed by atoms with Gasteiger partial charge in [-0.2, -0.15) is 9.97 Å². The third-order valence-electron chi connectivity index (χ3n) is 11.0. The van der Waals surface area contributed by atoms with Crippen LogP contribution >= 0.6 is 0 Å². The lowest BCUT2D eigenvalue weighted by atomic mass is 9.83. The number of rotatable bonds is 6. The number of hydrogen-bond acceptors (Lipinski definition) is 7. The average Bonchev–Trinajstić information content (AvgIpc) is 3.69. The Morgan fingerprint density at radius 2 is 2.02 bits per heavy atom. The number of aliphatic hydroxyl groups excluding tert-OH is 1. The van der Waals surface area contributed by atoms with Crippen molar-refractivity contribution in [2.24, 2.45) is 0 Å². The van der Waals surface area contributed by atoms with Gasteiger partial charge in [0.05, 0.1) is 29.6 Å². The molecule has 7 nitrogen and oxygen atoms in total. The van der Waals surface area contributed by atoms with Gasteiger partial charge in [0.1, 0.15) is 12.8 Å². The predicted molar refractivity (Wildman–Crippen MR) is 162 cm³/mol. The van der Waals surface area contributed by atoms with Gasteiger partial charge in [-0.25, -0.2) is 4.39 Å². The van der Waals surface area contributed by atoms with E-state index in [0.29, 0.717) is 38.2 Å². The van der Waals surface area contributed by atoms with Gasteiger partial charge in [-0.1, -0.05) is 37.3 Å². The van der Waals surface area contributed by atoms with Crippen LogP contribution in [0.5, 0.6) is 6.01 Å². The molecule has 0 spiro atoms. The number of aryl methyl sites for hydroxylation is 1. The van der Waals surface area contributed by atoms with E-state index in [1.54, 1.807) is 0 Å². The summed E-state index contributed by atoms with van der Waals surface area (Å²) in [7, 11) is 0. The number of alkyl halides is 1. The molecule has 5 aliphatic heterocycles. The second-order valence-corrected chi connectivity index (χ2v) is 13.4. The van der Waals surface area contributed by atoms with Crippen LogP contribution in [0.2, 0.25) is 0 Å². The molecular formula is C34H42FN5O2. The first-order valence-corrected chi connectivity index (χ1v) is 16.1. The fourth-order valence-corrected chi connectivity index (χ4v) is 8.92. The molecule has 0 radical (unpaired) electrons. The van der Waals surface area contributed by atoms with Crippen molar-refractivity contribution in [1.82, 2.24) is 20.2 Å². The number of nitrogens with zero attached hydrogens (tertiary/aromatic N) is 4. The van der Waals surface area contributed by atoms with E-state index >= 15 is 0 Å². The topological polar surface area (TPSA) is 73.8 Å². The number of nitrogens with one attached hydrogen (secondary N) is 1. The van der Waals surface area contributed by atoms with Crippen LogP contribution in [-0.2, 0) is 19.4 Å². The van der Waals surface area contributed by atoms with Crippen molar-refractivity contribution in [3.05, 3.63) is 58.9 Å². The molecule has 3 aromatic rings. The molecule has 6 heterocycles. The van der Waals surface area contributed by atoms with Gasteiger partial charge < -0.3 is 20.1 Å². The normalized spacial score (nSPS) is 32.4. The van der Waals surface area contributed by atoms with E-state index < -0.39 is 12.3 Å². The van der Waals surface area contributed by atoms with Crippen molar-refractivity contribution >= 4 is 16.5 Å². The molecule has 1 unspecified atom stereocenters. The fourth-order valence-electron chi connectivity index (χ4n) is 8.92. The maximum absolute atomic E-state index is 14.5. The van der Waals surface area contributed by atoms with Crippen LogP contribution in [0.1, 0.15) is 73.9 Å². The summed E-state index contributed by atoms with van der Waals surface area (Å²) in [5, 5.41) is 17.6. The van der Waals surface area contributed by atoms with Gasteiger partial charge in [-0.05, 0) is 74.1 Å². The molecule has 0 saturated carbocycles. The van der Waals surface area contributed by atoms with Crippen molar-refractivity contribution < 1.29 is 14.2 Å². The minimum absolute atomic E-state index is 0.0264. The van der Waals surface area contributed by atoms with Gasteiger partial charge in [0, 0.05) is 48.6 Å². The Labute approximate surface area is 247 Å². The van der Waals surface area contributed by atoms with Crippen LogP contribution in [0.15, 0.2) is 36.4 Å². The fraction of sp³-hybridized carbons (Fsp3) is 0.588. The summed E-state index contributed by atoms with van der Waals surface area (Å²) in [5.41, 5.74) is 5.52. The summed E-state index contributed by atoms with van der Waals surface area (Å²) < 4.78 is 20.9. The number of benzene rings is 2. The molecule has 2 bridgehead atoms. The number of aromatic nitrogens is 2. The zero-order chi connectivity index (χ0) is 28.4. The van der Waals surface area contributed by atoms with Crippen LogP contribution in [0.4, 0.5) is 10.1 Å². The third kappa shape index (κ3) is 4.40. The standard InChI is InChI=1S/C34H42FN5O2/c1-2-21-6-3-7-22-8-4-9-29(30(21)22)39-15-12-25-28(19-39)37-33(42-20-34-13-5-14-40(34)18-23(35)17-34)38-31(25)26-16-24-10-11-27(36-24)32(26)41/h3-4,6-9,23-24,26-27,32,36,41H,2,5,10-20H2,1H3/t23-,24+,26+,27-,32?,34+/m1/s1. The van der Waals surface area contributed by atoms with Gasteiger partial charge >= 0.3 is 6.01 Å². The lowest BCUT2D eigenvalue weighted by Crippen LogP contribution is -2.48. The minimum Gasteiger partial charge on any atom is -0.461 e. The molecule has 2 aromatic carbocycles. The highest BCUT2D eigenvalue weighted by atomic mass is 19.1. The molecule has 8 rings (SSSR count). The molecule has 1 aromatic heterocycles. The van der Waals surface area contributed by atoms with E-state index in [-0.39, 0.29) is 17.5 Å². The molecular weight excluding hydrogens is 529 g/mol. The maximum atomic E-state index is 14.5. The average molecular weight is 572 g/mol. The maximum Gasteiger partial charge on any atom is 0.316 e. The summed E-state index contributed by atoms with van der Waals surface area (Å²) in [5.74, 6) is -0.0264. The largest absolute Gasteiger partial charge is 0.461 e. The second-order valence-electron chi connectivity index (χ2n) is 13.4. The summed E-state index contributed by atoms with van der Waals surface area (Å²) >= 11 is 0. The van der Waals surface area contributed by atoms with E-state index in [4.69, 9.17) is 14.7 Å². The minimum atomic E-state index is -0.795. The highest BCUT2D eigenvalue weighted by Crippen LogP contribution is 2.43. The molecule has 222 valence electrons. The van der Waals surface area contributed by atoms with E-state index in [9.17, 15) is 9.50 Å². The first-order chi connectivity index (χ1) is 20.5. The number of hydrogen-bond donors (Lipinski definition) is 2. The van der Waals surface area contributed by atoms with Crippen LogP contribution < -0.4 is 15.0 Å². The Balaban J connectivity index is 1.16. The summed E-state index contributed by atoms with van der Waals surface area (Å²) in [6.45, 7) is 5.63. The van der Waals surface area contributed by atoms with Gasteiger partial charge in [0.25, 0.3) is 0 Å². The highest BCUT2D eigenvalue weighted by molar-refractivity contribution is 5.97. The second kappa shape index (κ2) is 10.4. The summed E-state index contributed by atoms with van der Waals surface area (Å²) in [6, 6.07) is 14.1. The van der Waals surface area contributed by atoms with Gasteiger partial charge in [0.2, 0.25) is 0 Å². The lowest BCUT2D eigenvalue weighted by Gasteiger charge is -2.37. The molecule has 2 N–H and O–H groups in total. The number of ether oxygens (including phenoxy) is 1. The zero-order valence-electron chi connectivity index (χ0n) is 24.6. The molecule has 8 heteroatoms. The highest BCUT2D eigenvalue weighted by Gasteiger charge is 2.49. The van der Waals surface area contributed by atoms with Crippen molar-refractivity contribution in [2.45, 2.75) is 101 Å². The number of piperidine rings is 1. The summed E-state index contributed by atoms with van der Waals surface area (Å²) in [4.78, 5) is 14.9. The number of halogens is 1. The van der Waals surface area contributed by atoms with Gasteiger partial charge in [0.15, 0.2) is 0 Å². The molecule has 0 aliphatic carbocycles. The Morgan fingerprint density at radius 3 is 2.90 bits per heavy atom. The monoisotopic (exact) mass is 571 g/mol.